The highest BCUT2D eigenvalue weighted by Crippen LogP contribution is 2.21. The number of hydrogen-bond acceptors (Lipinski definition) is 2. The van der Waals surface area contributed by atoms with E-state index in [9.17, 15) is 4.79 Å². The summed E-state index contributed by atoms with van der Waals surface area (Å²) in [4.78, 5) is 15.3. The molecule has 2 heterocycles. The largest absolute Gasteiger partial charge is 0.358 e. The Morgan fingerprint density at radius 2 is 2.00 bits per heavy atom. The van der Waals surface area contributed by atoms with Crippen molar-refractivity contribution in [2.24, 2.45) is 7.05 Å². The Hall–Kier alpha value is -2.53. The molecule has 2 aromatic heterocycles. The van der Waals surface area contributed by atoms with Gasteiger partial charge in [0.05, 0.1) is 6.20 Å². The van der Waals surface area contributed by atoms with Gasteiger partial charge in [-0.1, -0.05) is 23.7 Å². The molecule has 0 atom stereocenters. The molecule has 1 aromatic carbocycles. The molecule has 0 fully saturated rings. The first-order chi connectivity index (χ1) is 12.1. The van der Waals surface area contributed by atoms with Crippen LogP contribution in [0, 0.1) is 0 Å². The molecule has 1 amide bonds. The third kappa shape index (κ3) is 4.97. The van der Waals surface area contributed by atoms with Crippen LogP contribution < -0.4 is 5.32 Å². The fourth-order valence-electron chi connectivity index (χ4n) is 2.67. The lowest BCUT2D eigenvalue weighted by molar-refractivity contribution is -0.121. The molecular weight excluding hydrogens is 336 g/mol. The maximum atomic E-state index is 12.0. The lowest BCUT2D eigenvalue weighted by Gasteiger charge is -2.04. The van der Waals surface area contributed by atoms with Gasteiger partial charge < -0.3 is 10.3 Å². The van der Waals surface area contributed by atoms with E-state index in [1.807, 2.05) is 55.8 Å². The fourth-order valence-corrected chi connectivity index (χ4v) is 2.79. The lowest BCUT2D eigenvalue weighted by atomic mass is 10.2. The third-order valence-electron chi connectivity index (χ3n) is 4.02. The van der Waals surface area contributed by atoms with Gasteiger partial charge in [0.15, 0.2) is 0 Å². The summed E-state index contributed by atoms with van der Waals surface area (Å²) in [5, 5.41) is 7.79. The van der Waals surface area contributed by atoms with Gasteiger partial charge in [-0.15, -0.1) is 0 Å². The minimum atomic E-state index is 0.0616. The van der Waals surface area contributed by atoms with Crippen molar-refractivity contribution in [2.75, 3.05) is 6.54 Å². The van der Waals surface area contributed by atoms with E-state index >= 15 is 0 Å². The van der Waals surface area contributed by atoms with E-state index in [1.165, 1.54) is 0 Å². The molecule has 3 aromatic rings. The van der Waals surface area contributed by atoms with Crippen molar-refractivity contribution in [3.8, 4) is 11.3 Å². The van der Waals surface area contributed by atoms with Gasteiger partial charge >= 0.3 is 0 Å². The maximum absolute atomic E-state index is 12.0. The average Bonchev–Trinajstić information content (AvgIpc) is 3.23. The van der Waals surface area contributed by atoms with Gasteiger partial charge in [0, 0.05) is 42.6 Å². The highest BCUT2D eigenvalue weighted by atomic mass is 35.5. The number of carbonyl (C=O) groups excluding carboxylic acids is 1. The van der Waals surface area contributed by atoms with Crippen LogP contribution in [0.3, 0.4) is 0 Å². The molecule has 0 aliphatic rings. The Kier molecular flexibility index (Phi) is 5.56. The van der Waals surface area contributed by atoms with E-state index in [0.717, 1.165) is 34.0 Å². The number of H-pyrrole nitrogens is 1. The molecule has 0 bridgehead atoms. The molecule has 2 N–H and O–H groups in total. The standard InChI is InChI=1S/C19H21ClN4O/c1-24-13-14(12-22-24)10-11-21-19(25)9-7-17-6-8-18(23-17)15-2-4-16(20)5-3-15/h2-6,8,12-13,23H,7,9-11H2,1H3,(H,21,25). The average molecular weight is 357 g/mol. The first-order valence-corrected chi connectivity index (χ1v) is 8.66. The highest BCUT2D eigenvalue weighted by molar-refractivity contribution is 6.30. The summed E-state index contributed by atoms with van der Waals surface area (Å²) in [6.07, 6.45) is 5.73. The van der Waals surface area contributed by atoms with Crippen molar-refractivity contribution >= 4 is 17.5 Å². The number of halogens is 1. The lowest BCUT2D eigenvalue weighted by Crippen LogP contribution is -2.25. The van der Waals surface area contributed by atoms with Gasteiger partial charge in [0.2, 0.25) is 5.91 Å². The number of aryl methyl sites for hydroxylation is 2. The summed E-state index contributed by atoms with van der Waals surface area (Å²) < 4.78 is 1.76. The quantitative estimate of drug-likeness (QED) is 0.681. The van der Waals surface area contributed by atoms with E-state index in [2.05, 4.69) is 15.4 Å². The zero-order valence-electron chi connectivity index (χ0n) is 14.1. The fraction of sp³-hybridized carbons (Fsp3) is 0.263. The van der Waals surface area contributed by atoms with Crippen LogP contribution in [0.15, 0.2) is 48.8 Å². The van der Waals surface area contributed by atoms with Gasteiger partial charge in [-0.25, -0.2) is 0 Å². The molecule has 3 rings (SSSR count). The third-order valence-corrected chi connectivity index (χ3v) is 4.27. The highest BCUT2D eigenvalue weighted by Gasteiger charge is 2.06. The number of aromatic nitrogens is 3. The molecule has 0 spiro atoms. The minimum Gasteiger partial charge on any atom is -0.358 e. The van der Waals surface area contributed by atoms with Crippen LogP contribution in [-0.2, 0) is 24.7 Å². The van der Waals surface area contributed by atoms with E-state index in [1.54, 1.807) is 4.68 Å². The van der Waals surface area contributed by atoms with Gasteiger partial charge in [-0.3, -0.25) is 9.48 Å². The van der Waals surface area contributed by atoms with Crippen LogP contribution in [0.25, 0.3) is 11.3 Å². The van der Waals surface area contributed by atoms with E-state index < -0.39 is 0 Å². The maximum Gasteiger partial charge on any atom is 0.220 e. The molecule has 130 valence electrons. The number of carbonyl (C=O) groups is 1. The number of hydrogen-bond donors (Lipinski definition) is 2. The van der Waals surface area contributed by atoms with Crippen LogP contribution in [0.5, 0.6) is 0 Å². The Balaban J connectivity index is 1.43. The predicted octanol–water partition coefficient (Wildman–Crippen LogP) is 3.36. The zero-order chi connectivity index (χ0) is 17.6. The second kappa shape index (κ2) is 8.03. The molecule has 0 aliphatic heterocycles. The molecule has 25 heavy (non-hydrogen) atoms. The molecule has 0 saturated heterocycles. The van der Waals surface area contributed by atoms with Crippen LogP contribution in [-0.4, -0.2) is 27.2 Å². The van der Waals surface area contributed by atoms with Gasteiger partial charge in [-0.2, -0.15) is 5.10 Å². The summed E-state index contributed by atoms with van der Waals surface area (Å²) in [5.74, 6) is 0.0616. The summed E-state index contributed by atoms with van der Waals surface area (Å²) in [6, 6.07) is 11.7. The normalized spacial score (nSPS) is 10.8. The van der Waals surface area contributed by atoms with E-state index in [0.29, 0.717) is 19.4 Å². The number of rotatable bonds is 7. The molecule has 0 radical (unpaired) electrons. The van der Waals surface area contributed by atoms with Crippen LogP contribution in [0.1, 0.15) is 17.7 Å². The van der Waals surface area contributed by atoms with Crippen LogP contribution in [0.2, 0.25) is 5.02 Å². The second-order valence-electron chi connectivity index (χ2n) is 6.03. The Morgan fingerprint density at radius 3 is 2.72 bits per heavy atom. The van der Waals surface area contributed by atoms with Crippen molar-refractivity contribution < 1.29 is 4.79 Å². The monoisotopic (exact) mass is 356 g/mol. The smallest absolute Gasteiger partial charge is 0.220 e. The van der Waals surface area contributed by atoms with Gasteiger partial charge in [0.25, 0.3) is 0 Å². The van der Waals surface area contributed by atoms with Gasteiger partial charge in [0.1, 0.15) is 0 Å². The number of nitrogens with one attached hydrogen (secondary N) is 2. The summed E-state index contributed by atoms with van der Waals surface area (Å²) in [5.41, 5.74) is 4.28. The summed E-state index contributed by atoms with van der Waals surface area (Å²) in [6.45, 7) is 0.630. The Morgan fingerprint density at radius 1 is 1.20 bits per heavy atom. The van der Waals surface area contributed by atoms with Crippen molar-refractivity contribution in [3.63, 3.8) is 0 Å². The SMILES string of the molecule is Cn1cc(CCNC(=O)CCc2ccc(-c3ccc(Cl)cc3)[nH]2)cn1. The van der Waals surface area contributed by atoms with Crippen LogP contribution >= 0.6 is 11.6 Å². The van der Waals surface area contributed by atoms with E-state index in [4.69, 9.17) is 11.6 Å². The molecule has 5 nitrogen and oxygen atoms in total. The van der Waals surface area contributed by atoms with Crippen molar-refractivity contribution in [1.29, 1.82) is 0 Å². The van der Waals surface area contributed by atoms with E-state index in [-0.39, 0.29) is 5.91 Å². The number of nitrogens with zero attached hydrogens (tertiary/aromatic N) is 2. The molecule has 0 unspecified atom stereocenters. The molecule has 6 heteroatoms. The number of amides is 1. The zero-order valence-corrected chi connectivity index (χ0v) is 14.9. The first-order valence-electron chi connectivity index (χ1n) is 8.28. The minimum absolute atomic E-state index is 0.0616. The van der Waals surface area contributed by atoms with Crippen molar-refractivity contribution in [1.82, 2.24) is 20.1 Å². The summed E-state index contributed by atoms with van der Waals surface area (Å²) in [7, 11) is 1.89. The second-order valence-corrected chi connectivity index (χ2v) is 6.46. The number of benzene rings is 1. The number of aromatic amines is 1. The topological polar surface area (TPSA) is 62.7 Å². The van der Waals surface area contributed by atoms with Crippen LogP contribution in [0.4, 0.5) is 0 Å². The summed E-state index contributed by atoms with van der Waals surface area (Å²) >= 11 is 5.91. The molecular formula is C19H21ClN4O. The first kappa shape index (κ1) is 17.3. The van der Waals surface area contributed by atoms with Crippen molar-refractivity contribution in [3.05, 3.63) is 65.1 Å². The Labute approximate surface area is 152 Å². The predicted molar refractivity (Wildman–Crippen MR) is 99.5 cm³/mol. The van der Waals surface area contributed by atoms with Gasteiger partial charge in [-0.05, 0) is 48.2 Å². The molecule has 0 aliphatic carbocycles. The molecule has 0 saturated carbocycles. The Bertz CT molecular complexity index is 835. The van der Waals surface area contributed by atoms with Crippen molar-refractivity contribution in [2.45, 2.75) is 19.3 Å².